The zero-order valence-corrected chi connectivity index (χ0v) is 6.95. The number of nitrogens with zero attached hydrogens (tertiary/aromatic N) is 1. The third-order valence-corrected chi connectivity index (χ3v) is 1.49. The SMILES string of the molecule is COc1c(CC(=O)O)ccnc1F. The maximum atomic E-state index is 12.9. The summed E-state index contributed by atoms with van der Waals surface area (Å²) in [6.07, 6.45) is 0.929. The van der Waals surface area contributed by atoms with Crippen LogP contribution < -0.4 is 4.74 Å². The van der Waals surface area contributed by atoms with Gasteiger partial charge < -0.3 is 9.84 Å². The van der Waals surface area contributed by atoms with Crippen molar-refractivity contribution in [3.8, 4) is 5.75 Å². The Labute approximate surface area is 74.0 Å². The first-order valence-electron chi connectivity index (χ1n) is 3.54. The van der Waals surface area contributed by atoms with Crippen LogP contribution in [-0.2, 0) is 11.2 Å². The molecular formula is C8H8FNO3. The second-order valence-electron chi connectivity index (χ2n) is 2.36. The van der Waals surface area contributed by atoms with Crippen LogP contribution in [0.1, 0.15) is 5.56 Å². The number of halogens is 1. The molecule has 0 saturated carbocycles. The van der Waals surface area contributed by atoms with Crippen LogP contribution in [0.4, 0.5) is 4.39 Å². The fourth-order valence-electron chi connectivity index (χ4n) is 0.977. The van der Waals surface area contributed by atoms with Crippen molar-refractivity contribution in [3.05, 3.63) is 23.8 Å². The maximum absolute atomic E-state index is 12.9. The van der Waals surface area contributed by atoms with E-state index >= 15 is 0 Å². The topological polar surface area (TPSA) is 59.4 Å². The highest BCUT2D eigenvalue weighted by Gasteiger charge is 2.12. The summed E-state index contributed by atoms with van der Waals surface area (Å²) in [6, 6.07) is 1.41. The van der Waals surface area contributed by atoms with Gasteiger partial charge >= 0.3 is 5.97 Å². The lowest BCUT2D eigenvalue weighted by Crippen LogP contribution is -2.04. The van der Waals surface area contributed by atoms with E-state index in [0.29, 0.717) is 0 Å². The molecule has 0 spiro atoms. The second kappa shape index (κ2) is 3.84. The van der Waals surface area contributed by atoms with Crippen LogP contribution in [0, 0.1) is 5.95 Å². The third kappa shape index (κ3) is 2.14. The number of aromatic nitrogens is 1. The standard InChI is InChI=1S/C8H8FNO3/c1-13-7-5(4-6(11)12)2-3-10-8(7)9/h2-3H,4H2,1H3,(H,11,12). The summed E-state index contributed by atoms with van der Waals surface area (Å²) < 4.78 is 17.5. The molecule has 0 unspecified atom stereocenters. The normalized spacial score (nSPS) is 9.69. The molecule has 0 aliphatic carbocycles. The van der Waals surface area contributed by atoms with Crippen LogP contribution in [0.5, 0.6) is 5.75 Å². The summed E-state index contributed by atoms with van der Waals surface area (Å²) >= 11 is 0. The average molecular weight is 185 g/mol. The smallest absolute Gasteiger partial charge is 0.307 e. The van der Waals surface area contributed by atoms with E-state index in [0.717, 1.165) is 0 Å². The summed E-state index contributed by atoms with van der Waals surface area (Å²) in [6.45, 7) is 0. The van der Waals surface area contributed by atoms with Crippen LogP contribution in [0.2, 0.25) is 0 Å². The number of pyridine rings is 1. The number of carbonyl (C=O) groups is 1. The minimum Gasteiger partial charge on any atom is -0.492 e. The largest absolute Gasteiger partial charge is 0.492 e. The van der Waals surface area contributed by atoms with Crippen LogP contribution in [0.3, 0.4) is 0 Å². The first-order chi connectivity index (χ1) is 6.15. The summed E-state index contributed by atoms with van der Waals surface area (Å²) in [5.41, 5.74) is 0.280. The average Bonchev–Trinajstić information content (AvgIpc) is 2.03. The molecule has 0 bridgehead atoms. The molecule has 1 aromatic heterocycles. The highest BCUT2D eigenvalue weighted by atomic mass is 19.1. The molecule has 0 aliphatic heterocycles. The predicted octanol–water partition coefficient (Wildman–Crippen LogP) is 0.856. The molecule has 1 rings (SSSR count). The first kappa shape index (κ1) is 9.44. The van der Waals surface area contributed by atoms with E-state index in [2.05, 4.69) is 9.72 Å². The highest BCUT2D eigenvalue weighted by Crippen LogP contribution is 2.20. The highest BCUT2D eigenvalue weighted by molar-refractivity contribution is 5.71. The number of carboxylic acid groups (broad SMARTS) is 1. The summed E-state index contributed by atoms with van der Waals surface area (Å²) in [5.74, 6) is -1.94. The summed E-state index contributed by atoms with van der Waals surface area (Å²) in [4.78, 5) is 13.7. The fourth-order valence-corrected chi connectivity index (χ4v) is 0.977. The van der Waals surface area contributed by atoms with E-state index in [-0.39, 0.29) is 17.7 Å². The molecule has 4 nitrogen and oxygen atoms in total. The van der Waals surface area contributed by atoms with Gasteiger partial charge in [-0.1, -0.05) is 0 Å². The van der Waals surface area contributed by atoms with Gasteiger partial charge in [0.25, 0.3) is 5.95 Å². The van der Waals surface area contributed by atoms with Crippen molar-refractivity contribution in [1.82, 2.24) is 4.98 Å². The number of rotatable bonds is 3. The van der Waals surface area contributed by atoms with Gasteiger partial charge in [-0.25, -0.2) is 4.98 Å². The molecule has 0 radical (unpaired) electrons. The molecule has 0 atom stereocenters. The Morgan fingerprint density at radius 3 is 3.00 bits per heavy atom. The molecule has 0 amide bonds. The third-order valence-electron chi connectivity index (χ3n) is 1.49. The van der Waals surface area contributed by atoms with E-state index in [1.165, 1.54) is 19.4 Å². The number of ether oxygens (including phenoxy) is 1. The van der Waals surface area contributed by atoms with Crippen molar-refractivity contribution in [2.45, 2.75) is 6.42 Å². The Morgan fingerprint density at radius 1 is 1.77 bits per heavy atom. The van der Waals surface area contributed by atoms with Crippen molar-refractivity contribution in [1.29, 1.82) is 0 Å². The molecule has 0 aliphatic rings. The molecule has 0 fully saturated rings. The number of carboxylic acids is 1. The summed E-state index contributed by atoms with van der Waals surface area (Å²) in [7, 11) is 1.27. The zero-order chi connectivity index (χ0) is 9.84. The number of aliphatic carboxylic acids is 1. The van der Waals surface area contributed by atoms with Gasteiger partial charge in [0.1, 0.15) is 0 Å². The Bertz CT molecular complexity index is 327. The summed E-state index contributed by atoms with van der Waals surface area (Å²) in [5, 5.41) is 8.48. The van der Waals surface area contributed by atoms with Crippen molar-refractivity contribution < 1.29 is 19.0 Å². The van der Waals surface area contributed by atoms with Gasteiger partial charge in [-0.05, 0) is 6.07 Å². The van der Waals surface area contributed by atoms with Crippen molar-refractivity contribution in [2.75, 3.05) is 7.11 Å². The van der Waals surface area contributed by atoms with Crippen LogP contribution in [-0.4, -0.2) is 23.2 Å². The Hall–Kier alpha value is -1.65. The van der Waals surface area contributed by atoms with Crippen molar-refractivity contribution in [2.24, 2.45) is 0 Å². The van der Waals surface area contributed by atoms with Gasteiger partial charge in [-0.3, -0.25) is 4.79 Å². The van der Waals surface area contributed by atoms with Crippen LogP contribution in [0.25, 0.3) is 0 Å². The van der Waals surface area contributed by atoms with Crippen molar-refractivity contribution in [3.63, 3.8) is 0 Å². The first-order valence-corrected chi connectivity index (χ1v) is 3.54. The Kier molecular flexibility index (Phi) is 2.79. The monoisotopic (exact) mass is 185 g/mol. The second-order valence-corrected chi connectivity index (χ2v) is 2.36. The number of hydrogen-bond donors (Lipinski definition) is 1. The van der Waals surface area contributed by atoms with Gasteiger partial charge in [0, 0.05) is 11.8 Å². The molecular weight excluding hydrogens is 177 g/mol. The number of methoxy groups -OCH3 is 1. The van der Waals surface area contributed by atoms with Gasteiger partial charge in [0.15, 0.2) is 5.75 Å². The van der Waals surface area contributed by atoms with E-state index in [1.807, 2.05) is 0 Å². The van der Waals surface area contributed by atoms with Crippen molar-refractivity contribution >= 4 is 5.97 Å². The zero-order valence-electron chi connectivity index (χ0n) is 6.95. The lowest BCUT2D eigenvalue weighted by Gasteiger charge is -2.05. The minimum atomic E-state index is -1.04. The van der Waals surface area contributed by atoms with Gasteiger partial charge in [-0.2, -0.15) is 4.39 Å². The molecule has 13 heavy (non-hydrogen) atoms. The van der Waals surface area contributed by atoms with E-state index in [9.17, 15) is 9.18 Å². The quantitative estimate of drug-likeness (QED) is 0.709. The minimum absolute atomic E-state index is 0.107. The molecule has 5 heteroatoms. The molecule has 1 N–H and O–H groups in total. The van der Waals surface area contributed by atoms with Gasteiger partial charge in [-0.15, -0.1) is 0 Å². The van der Waals surface area contributed by atoms with E-state index in [4.69, 9.17) is 5.11 Å². The van der Waals surface area contributed by atoms with Crippen LogP contribution >= 0.6 is 0 Å². The fraction of sp³-hybridized carbons (Fsp3) is 0.250. The molecule has 0 aromatic carbocycles. The van der Waals surface area contributed by atoms with Gasteiger partial charge in [0.05, 0.1) is 13.5 Å². The predicted molar refractivity (Wildman–Crippen MR) is 42.1 cm³/mol. The Balaban J connectivity index is 3.05. The molecule has 0 saturated heterocycles. The molecule has 1 heterocycles. The Morgan fingerprint density at radius 2 is 2.46 bits per heavy atom. The lowest BCUT2D eigenvalue weighted by molar-refractivity contribution is -0.136. The van der Waals surface area contributed by atoms with E-state index in [1.54, 1.807) is 0 Å². The van der Waals surface area contributed by atoms with Gasteiger partial charge in [0.2, 0.25) is 0 Å². The number of hydrogen-bond acceptors (Lipinski definition) is 3. The molecule has 70 valence electrons. The lowest BCUT2D eigenvalue weighted by atomic mass is 10.2. The van der Waals surface area contributed by atoms with E-state index < -0.39 is 11.9 Å². The maximum Gasteiger partial charge on any atom is 0.307 e. The molecule has 1 aromatic rings. The van der Waals surface area contributed by atoms with Crippen LogP contribution in [0.15, 0.2) is 12.3 Å².